The van der Waals surface area contributed by atoms with Crippen LogP contribution in [0.2, 0.25) is 0 Å². The van der Waals surface area contributed by atoms with Crippen molar-refractivity contribution in [3.05, 3.63) is 18.2 Å². The summed E-state index contributed by atoms with van der Waals surface area (Å²) in [7, 11) is 1.70. The van der Waals surface area contributed by atoms with Gasteiger partial charge in [0.05, 0.1) is 19.3 Å². The van der Waals surface area contributed by atoms with Gasteiger partial charge in [0.25, 0.3) is 0 Å². The summed E-state index contributed by atoms with van der Waals surface area (Å²) >= 11 is 0. The Labute approximate surface area is 174 Å². The summed E-state index contributed by atoms with van der Waals surface area (Å²) in [5, 5.41) is 0. The van der Waals surface area contributed by atoms with Crippen molar-refractivity contribution in [3.8, 4) is 11.5 Å². The highest BCUT2D eigenvalue weighted by molar-refractivity contribution is 5.74. The lowest BCUT2D eigenvalue weighted by Gasteiger charge is -2.43. The third-order valence-electron chi connectivity index (χ3n) is 6.66. The molecule has 0 aromatic heterocycles. The molecule has 0 radical (unpaired) electrons. The predicted octanol–water partition coefficient (Wildman–Crippen LogP) is 3.15. The monoisotopic (exact) mass is 401 g/mol. The molecular formula is C23H35N3O3. The zero-order valence-corrected chi connectivity index (χ0v) is 17.9. The molecule has 3 fully saturated rings. The summed E-state index contributed by atoms with van der Waals surface area (Å²) in [5.74, 6) is 1.84. The molecule has 6 heteroatoms. The Kier molecular flexibility index (Phi) is 6.48. The molecule has 0 spiro atoms. The van der Waals surface area contributed by atoms with E-state index in [4.69, 9.17) is 9.47 Å². The maximum atomic E-state index is 12.2. The minimum absolute atomic E-state index is 0.189. The molecule has 0 N–H and O–H groups in total. The number of amides is 1. The molecule has 1 aliphatic carbocycles. The van der Waals surface area contributed by atoms with Gasteiger partial charge in [-0.15, -0.1) is 0 Å². The van der Waals surface area contributed by atoms with Gasteiger partial charge in [-0.25, -0.2) is 0 Å². The van der Waals surface area contributed by atoms with Crippen LogP contribution in [-0.4, -0.2) is 74.2 Å². The number of hydrogen-bond donors (Lipinski definition) is 0. The fraction of sp³-hybridized carbons (Fsp3) is 0.696. The van der Waals surface area contributed by atoms with E-state index in [-0.39, 0.29) is 11.9 Å². The van der Waals surface area contributed by atoms with Gasteiger partial charge in [-0.2, -0.15) is 0 Å². The zero-order chi connectivity index (χ0) is 20.2. The smallest absolute Gasteiger partial charge is 0.219 e. The van der Waals surface area contributed by atoms with Crippen LogP contribution < -0.4 is 14.4 Å². The van der Waals surface area contributed by atoms with Gasteiger partial charge >= 0.3 is 0 Å². The maximum absolute atomic E-state index is 12.2. The fourth-order valence-corrected chi connectivity index (χ4v) is 5.06. The molecule has 3 aliphatic rings. The van der Waals surface area contributed by atoms with E-state index < -0.39 is 0 Å². The minimum Gasteiger partial charge on any atom is -0.493 e. The van der Waals surface area contributed by atoms with Crippen LogP contribution in [0.5, 0.6) is 11.5 Å². The summed E-state index contributed by atoms with van der Waals surface area (Å²) in [4.78, 5) is 19.2. The Bertz CT molecular complexity index is 699. The molecule has 1 aromatic carbocycles. The van der Waals surface area contributed by atoms with Crippen LogP contribution in [0.25, 0.3) is 0 Å². The van der Waals surface area contributed by atoms with Crippen molar-refractivity contribution < 1.29 is 14.3 Å². The second-order valence-electron chi connectivity index (χ2n) is 8.68. The standard InChI is InChI=1S/C23H35N3O3/c1-18(27)26-14-13-25(17-20(26)16-24-11-5-6-12-24)19-9-10-22(28-2)23(15-19)29-21-7-3-4-8-21/h9-10,15,20-21H,3-8,11-14,16-17H2,1-2H3. The first-order valence-corrected chi connectivity index (χ1v) is 11.2. The summed E-state index contributed by atoms with van der Waals surface area (Å²) in [6, 6.07) is 6.51. The largest absolute Gasteiger partial charge is 0.493 e. The third-order valence-corrected chi connectivity index (χ3v) is 6.66. The average Bonchev–Trinajstić information content (AvgIpc) is 3.42. The Balaban J connectivity index is 1.49. The van der Waals surface area contributed by atoms with Gasteiger partial charge in [0, 0.05) is 44.9 Å². The van der Waals surface area contributed by atoms with E-state index in [1.54, 1.807) is 14.0 Å². The molecule has 0 bridgehead atoms. The Morgan fingerprint density at radius 2 is 1.79 bits per heavy atom. The molecule has 160 valence electrons. The molecule has 1 atom stereocenters. The molecule has 1 amide bonds. The van der Waals surface area contributed by atoms with E-state index in [0.29, 0.717) is 6.10 Å². The van der Waals surface area contributed by atoms with Gasteiger partial charge in [0.1, 0.15) is 0 Å². The van der Waals surface area contributed by atoms with Gasteiger partial charge in [-0.3, -0.25) is 4.79 Å². The normalized spacial score (nSPS) is 23.6. The van der Waals surface area contributed by atoms with Crippen LogP contribution in [0, 0.1) is 0 Å². The van der Waals surface area contributed by atoms with Crippen LogP contribution in [0.15, 0.2) is 18.2 Å². The van der Waals surface area contributed by atoms with Gasteiger partial charge in [-0.05, 0) is 63.7 Å². The van der Waals surface area contributed by atoms with Gasteiger partial charge in [-0.1, -0.05) is 0 Å². The molecule has 29 heavy (non-hydrogen) atoms. The van der Waals surface area contributed by atoms with Crippen molar-refractivity contribution in [2.24, 2.45) is 0 Å². The molecule has 1 saturated carbocycles. The Morgan fingerprint density at radius 1 is 1.03 bits per heavy atom. The number of rotatable bonds is 6. The highest BCUT2D eigenvalue weighted by atomic mass is 16.5. The first-order valence-electron chi connectivity index (χ1n) is 11.2. The van der Waals surface area contributed by atoms with E-state index >= 15 is 0 Å². The summed E-state index contributed by atoms with van der Waals surface area (Å²) in [6.07, 6.45) is 7.60. The van der Waals surface area contributed by atoms with Crippen molar-refractivity contribution in [2.75, 3.05) is 51.3 Å². The second-order valence-corrected chi connectivity index (χ2v) is 8.68. The van der Waals surface area contributed by atoms with E-state index in [2.05, 4.69) is 26.8 Å². The number of likely N-dealkylation sites (tertiary alicyclic amines) is 1. The fourth-order valence-electron chi connectivity index (χ4n) is 5.06. The zero-order valence-electron chi connectivity index (χ0n) is 17.9. The van der Waals surface area contributed by atoms with Crippen molar-refractivity contribution >= 4 is 11.6 Å². The Morgan fingerprint density at radius 3 is 2.48 bits per heavy atom. The number of anilines is 1. The quantitative estimate of drug-likeness (QED) is 0.733. The number of hydrogen-bond acceptors (Lipinski definition) is 5. The molecule has 6 nitrogen and oxygen atoms in total. The van der Waals surface area contributed by atoms with Gasteiger partial charge in [0.15, 0.2) is 11.5 Å². The lowest BCUT2D eigenvalue weighted by Crippen LogP contribution is -2.58. The topological polar surface area (TPSA) is 45.2 Å². The number of piperazine rings is 1. The van der Waals surface area contributed by atoms with Crippen LogP contribution >= 0.6 is 0 Å². The number of benzene rings is 1. The van der Waals surface area contributed by atoms with Crippen LogP contribution in [0.3, 0.4) is 0 Å². The third kappa shape index (κ3) is 4.80. The highest BCUT2D eigenvalue weighted by Gasteiger charge is 2.31. The predicted molar refractivity (Wildman–Crippen MR) is 115 cm³/mol. The molecule has 2 heterocycles. The molecule has 4 rings (SSSR count). The Hall–Kier alpha value is -1.95. The first-order chi connectivity index (χ1) is 14.1. The lowest BCUT2D eigenvalue weighted by atomic mass is 10.1. The van der Waals surface area contributed by atoms with Crippen molar-refractivity contribution in [1.29, 1.82) is 0 Å². The molecule has 2 saturated heterocycles. The number of ether oxygens (including phenoxy) is 2. The molecule has 2 aliphatic heterocycles. The van der Waals surface area contributed by atoms with Crippen molar-refractivity contribution in [1.82, 2.24) is 9.80 Å². The SMILES string of the molecule is COc1ccc(N2CCN(C(C)=O)C(CN3CCCC3)C2)cc1OC1CCCC1. The molecule has 1 unspecified atom stereocenters. The van der Waals surface area contributed by atoms with E-state index in [0.717, 1.165) is 69.3 Å². The first kappa shape index (κ1) is 20.3. The number of carbonyl (C=O) groups excluding carboxylic acids is 1. The average molecular weight is 402 g/mol. The summed E-state index contributed by atoms with van der Waals surface area (Å²) in [6.45, 7) is 7.48. The van der Waals surface area contributed by atoms with Crippen LogP contribution in [0.4, 0.5) is 5.69 Å². The maximum Gasteiger partial charge on any atom is 0.219 e. The lowest BCUT2D eigenvalue weighted by molar-refractivity contribution is -0.131. The van der Waals surface area contributed by atoms with Gasteiger partial charge in [0.2, 0.25) is 5.91 Å². The second kappa shape index (κ2) is 9.24. The summed E-state index contributed by atoms with van der Waals surface area (Å²) in [5.41, 5.74) is 1.16. The van der Waals surface area contributed by atoms with Crippen LogP contribution in [-0.2, 0) is 4.79 Å². The highest BCUT2D eigenvalue weighted by Crippen LogP contribution is 2.35. The molecular weight excluding hydrogens is 366 g/mol. The summed E-state index contributed by atoms with van der Waals surface area (Å²) < 4.78 is 11.9. The molecule has 1 aromatic rings. The number of nitrogens with zero attached hydrogens (tertiary/aromatic N) is 3. The van der Waals surface area contributed by atoms with Crippen molar-refractivity contribution in [2.45, 2.75) is 57.6 Å². The minimum atomic E-state index is 0.189. The number of carbonyl (C=O) groups is 1. The van der Waals surface area contributed by atoms with E-state index in [9.17, 15) is 4.79 Å². The van der Waals surface area contributed by atoms with Crippen molar-refractivity contribution in [3.63, 3.8) is 0 Å². The van der Waals surface area contributed by atoms with Gasteiger partial charge < -0.3 is 24.2 Å². The van der Waals surface area contributed by atoms with E-state index in [1.165, 1.54) is 25.7 Å². The van der Waals surface area contributed by atoms with Crippen LogP contribution in [0.1, 0.15) is 45.4 Å². The number of methoxy groups -OCH3 is 1. The van der Waals surface area contributed by atoms with E-state index in [1.807, 2.05) is 6.07 Å².